The highest BCUT2D eigenvalue weighted by atomic mass is 16.5. The normalized spacial score (nSPS) is 9.62. The lowest BCUT2D eigenvalue weighted by molar-refractivity contribution is 0.0505. The average Bonchev–Trinajstić information content (AvgIpc) is 2.27. The second-order valence-corrected chi connectivity index (χ2v) is 2.83. The third-order valence-electron chi connectivity index (χ3n) is 1.87. The largest absolute Gasteiger partial charge is 0.465 e. The summed E-state index contributed by atoms with van der Waals surface area (Å²) in [5.41, 5.74) is 5.52. The molecule has 0 amide bonds. The number of nitrogen functional groups attached to an aromatic ring is 1. The quantitative estimate of drug-likeness (QED) is 0.757. The number of anilines is 1. The van der Waals surface area contributed by atoms with E-state index in [1.807, 2.05) is 0 Å². The zero-order chi connectivity index (χ0) is 12.1. The molecule has 16 heavy (non-hydrogen) atoms. The Morgan fingerprint density at radius 3 is 2.69 bits per heavy atom. The minimum Gasteiger partial charge on any atom is -0.465 e. The minimum atomic E-state index is -0.687. The summed E-state index contributed by atoms with van der Waals surface area (Å²) >= 11 is 0. The number of hydrogen-bond acceptors (Lipinski definition) is 6. The van der Waals surface area contributed by atoms with Gasteiger partial charge in [0.15, 0.2) is 0 Å². The highest BCUT2D eigenvalue weighted by Crippen LogP contribution is 2.16. The van der Waals surface area contributed by atoms with Crippen molar-refractivity contribution in [3.8, 4) is 0 Å². The second kappa shape index (κ2) is 5.11. The maximum atomic E-state index is 11.6. The number of nitrogens with zero attached hydrogens (tertiary/aromatic N) is 1. The molecule has 0 spiro atoms. The molecule has 0 aliphatic rings. The van der Waals surface area contributed by atoms with Gasteiger partial charge in [0, 0.05) is 6.20 Å². The standard InChI is InChI=1S/C10H12N2O4/c1-3-16-10(14)7-6(9(13)15-2)4-5-12-8(7)11/h4-5H,3H2,1-2H3,(H2,11,12). The van der Waals surface area contributed by atoms with E-state index in [9.17, 15) is 9.59 Å². The van der Waals surface area contributed by atoms with Crippen molar-refractivity contribution in [1.29, 1.82) is 0 Å². The van der Waals surface area contributed by atoms with Crippen LogP contribution in [0.25, 0.3) is 0 Å². The van der Waals surface area contributed by atoms with Gasteiger partial charge in [0.05, 0.1) is 19.3 Å². The highest BCUT2D eigenvalue weighted by molar-refractivity contribution is 6.06. The Morgan fingerprint density at radius 2 is 2.12 bits per heavy atom. The summed E-state index contributed by atoms with van der Waals surface area (Å²) in [5.74, 6) is -1.40. The predicted octanol–water partition coefficient (Wildman–Crippen LogP) is 0.627. The van der Waals surface area contributed by atoms with Crippen LogP contribution in [-0.4, -0.2) is 30.6 Å². The van der Waals surface area contributed by atoms with Crippen molar-refractivity contribution in [2.24, 2.45) is 0 Å². The molecule has 0 aromatic carbocycles. The summed E-state index contributed by atoms with van der Waals surface area (Å²) in [6.45, 7) is 1.84. The molecule has 0 saturated carbocycles. The first-order chi connectivity index (χ1) is 7.61. The number of pyridine rings is 1. The summed E-state index contributed by atoms with van der Waals surface area (Å²) in [5, 5.41) is 0. The van der Waals surface area contributed by atoms with Crippen LogP contribution >= 0.6 is 0 Å². The SMILES string of the molecule is CCOC(=O)c1c(C(=O)OC)ccnc1N. The smallest absolute Gasteiger partial charge is 0.342 e. The van der Waals surface area contributed by atoms with Gasteiger partial charge in [-0.25, -0.2) is 14.6 Å². The molecule has 0 bridgehead atoms. The van der Waals surface area contributed by atoms with Crippen LogP contribution in [-0.2, 0) is 9.47 Å². The average molecular weight is 224 g/mol. The van der Waals surface area contributed by atoms with Gasteiger partial charge in [-0.1, -0.05) is 0 Å². The Bertz CT molecular complexity index is 417. The second-order valence-electron chi connectivity index (χ2n) is 2.83. The molecule has 1 aromatic heterocycles. The minimum absolute atomic E-state index is 0.0495. The molecule has 86 valence electrons. The molecule has 0 unspecified atom stereocenters. The first kappa shape index (κ1) is 12.0. The molecule has 1 heterocycles. The van der Waals surface area contributed by atoms with Crippen molar-refractivity contribution in [2.45, 2.75) is 6.92 Å². The van der Waals surface area contributed by atoms with Crippen molar-refractivity contribution in [1.82, 2.24) is 4.98 Å². The van der Waals surface area contributed by atoms with Crippen molar-refractivity contribution in [3.05, 3.63) is 23.4 Å². The van der Waals surface area contributed by atoms with Crippen LogP contribution in [0, 0.1) is 0 Å². The fourth-order valence-electron chi connectivity index (χ4n) is 1.18. The van der Waals surface area contributed by atoms with Gasteiger partial charge in [0.1, 0.15) is 11.4 Å². The lowest BCUT2D eigenvalue weighted by Crippen LogP contribution is -2.16. The van der Waals surface area contributed by atoms with E-state index in [-0.39, 0.29) is 23.6 Å². The number of carbonyl (C=O) groups excluding carboxylic acids is 2. The molecule has 6 nitrogen and oxygen atoms in total. The van der Waals surface area contributed by atoms with Crippen molar-refractivity contribution in [2.75, 3.05) is 19.5 Å². The van der Waals surface area contributed by atoms with Crippen LogP contribution in [0.4, 0.5) is 5.82 Å². The van der Waals surface area contributed by atoms with Crippen LogP contribution in [0.5, 0.6) is 0 Å². The van der Waals surface area contributed by atoms with E-state index in [4.69, 9.17) is 10.5 Å². The van der Waals surface area contributed by atoms with E-state index < -0.39 is 11.9 Å². The molecule has 0 aliphatic carbocycles. The first-order valence-electron chi connectivity index (χ1n) is 4.61. The Balaban J connectivity index is 3.23. The van der Waals surface area contributed by atoms with Gasteiger partial charge in [0.25, 0.3) is 0 Å². The Kier molecular flexibility index (Phi) is 3.82. The number of aromatic nitrogens is 1. The molecule has 6 heteroatoms. The Labute approximate surface area is 92.4 Å². The maximum absolute atomic E-state index is 11.6. The monoisotopic (exact) mass is 224 g/mol. The van der Waals surface area contributed by atoms with Gasteiger partial charge in [-0.15, -0.1) is 0 Å². The van der Waals surface area contributed by atoms with Crippen molar-refractivity contribution in [3.63, 3.8) is 0 Å². The van der Waals surface area contributed by atoms with Crippen molar-refractivity contribution < 1.29 is 19.1 Å². The molecule has 1 aromatic rings. The summed E-state index contributed by atoms with van der Waals surface area (Å²) in [7, 11) is 1.22. The molecule has 0 aliphatic heterocycles. The van der Waals surface area contributed by atoms with Gasteiger partial charge < -0.3 is 15.2 Å². The Hall–Kier alpha value is -2.11. The molecular formula is C10H12N2O4. The molecule has 0 atom stereocenters. The number of esters is 2. The lowest BCUT2D eigenvalue weighted by atomic mass is 10.1. The van der Waals surface area contributed by atoms with Gasteiger partial charge >= 0.3 is 11.9 Å². The van der Waals surface area contributed by atoms with E-state index in [0.29, 0.717) is 0 Å². The third kappa shape index (κ3) is 2.28. The molecular weight excluding hydrogens is 212 g/mol. The fraction of sp³-hybridized carbons (Fsp3) is 0.300. The number of ether oxygens (including phenoxy) is 2. The van der Waals surface area contributed by atoms with Crippen LogP contribution < -0.4 is 5.73 Å². The molecule has 0 saturated heterocycles. The molecule has 2 N–H and O–H groups in total. The first-order valence-corrected chi connectivity index (χ1v) is 4.61. The van der Waals surface area contributed by atoms with E-state index in [1.54, 1.807) is 6.92 Å². The fourth-order valence-corrected chi connectivity index (χ4v) is 1.18. The summed E-state index contributed by atoms with van der Waals surface area (Å²) in [6, 6.07) is 1.36. The number of methoxy groups -OCH3 is 1. The maximum Gasteiger partial charge on any atom is 0.342 e. The number of hydrogen-bond donors (Lipinski definition) is 1. The number of rotatable bonds is 3. The predicted molar refractivity (Wildman–Crippen MR) is 55.9 cm³/mol. The van der Waals surface area contributed by atoms with Crippen LogP contribution in [0.2, 0.25) is 0 Å². The third-order valence-corrected chi connectivity index (χ3v) is 1.87. The molecule has 0 radical (unpaired) electrons. The zero-order valence-corrected chi connectivity index (χ0v) is 9.02. The summed E-state index contributed by atoms with van der Waals surface area (Å²) in [6.07, 6.45) is 1.32. The zero-order valence-electron chi connectivity index (χ0n) is 9.02. The van der Waals surface area contributed by atoms with Crippen molar-refractivity contribution >= 4 is 17.8 Å². The number of carbonyl (C=O) groups is 2. The number of nitrogens with two attached hydrogens (primary N) is 1. The van der Waals surface area contributed by atoms with Gasteiger partial charge in [0.2, 0.25) is 0 Å². The lowest BCUT2D eigenvalue weighted by Gasteiger charge is -2.08. The molecule has 1 rings (SSSR count). The summed E-state index contributed by atoms with van der Waals surface area (Å²) < 4.78 is 9.31. The van der Waals surface area contributed by atoms with E-state index in [2.05, 4.69) is 9.72 Å². The van der Waals surface area contributed by atoms with E-state index in [0.717, 1.165) is 0 Å². The topological polar surface area (TPSA) is 91.5 Å². The van der Waals surface area contributed by atoms with E-state index in [1.165, 1.54) is 19.4 Å². The van der Waals surface area contributed by atoms with E-state index >= 15 is 0 Å². The van der Waals surface area contributed by atoms with Gasteiger partial charge in [-0.2, -0.15) is 0 Å². The van der Waals surface area contributed by atoms with Crippen LogP contribution in [0.3, 0.4) is 0 Å². The van der Waals surface area contributed by atoms with Crippen LogP contribution in [0.1, 0.15) is 27.6 Å². The molecule has 0 fully saturated rings. The van der Waals surface area contributed by atoms with Gasteiger partial charge in [-0.05, 0) is 13.0 Å². The van der Waals surface area contributed by atoms with Gasteiger partial charge in [-0.3, -0.25) is 0 Å². The summed E-state index contributed by atoms with van der Waals surface area (Å²) in [4.78, 5) is 26.7. The Morgan fingerprint density at radius 1 is 1.44 bits per heavy atom. The van der Waals surface area contributed by atoms with Crippen LogP contribution in [0.15, 0.2) is 12.3 Å². The highest BCUT2D eigenvalue weighted by Gasteiger charge is 2.22.